The van der Waals surface area contributed by atoms with Gasteiger partial charge < -0.3 is 14.2 Å². The Morgan fingerprint density at radius 2 is 1.88 bits per heavy atom. The van der Waals surface area contributed by atoms with Gasteiger partial charge in [-0.3, -0.25) is 19.1 Å². The number of benzene rings is 1. The van der Waals surface area contributed by atoms with E-state index < -0.39 is 0 Å². The van der Waals surface area contributed by atoms with Gasteiger partial charge in [-0.2, -0.15) is 4.98 Å². The van der Waals surface area contributed by atoms with Crippen LogP contribution >= 0.6 is 0 Å². The summed E-state index contributed by atoms with van der Waals surface area (Å²) in [5.41, 5.74) is 1.94. The standard InChI is InChI=1S/C22H21N5O5/c1-11-10-23-22(30)27(11)13-4-2-3-12(9-13)19-24-16(32-25-19)7-8-26-20(28)17-14-5-6-15(31-14)18(17)21(26)29/h2-4,9-10,14-15,17-18H,5-8H2,1H3,(H,23,30). The van der Waals surface area contributed by atoms with E-state index in [1.165, 1.54) is 4.90 Å². The van der Waals surface area contributed by atoms with E-state index in [9.17, 15) is 14.4 Å². The van der Waals surface area contributed by atoms with Gasteiger partial charge in [0, 0.05) is 30.4 Å². The smallest absolute Gasteiger partial charge is 0.330 e. The molecule has 32 heavy (non-hydrogen) atoms. The van der Waals surface area contributed by atoms with Crippen LogP contribution in [0.2, 0.25) is 0 Å². The molecule has 3 aliphatic rings. The lowest BCUT2D eigenvalue weighted by molar-refractivity contribution is -0.142. The number of hydrogen-bond donors (Lipinski definition) is 1. The SMILES string of the molecule is Cc1c[nH]c(=O)n1-c1cccc(-c2noc(CCN3C(=O)C4C5CCC(O5)C4C3=O)n2)c1. The molecule has 6 rings (SSSR count). The van der Waals surface area contributed by atoms with E-state index >= 15 is 0 Å². The third-order valence-electron chi connectivity index (χ3n) is 6.72. The van der Waals surface area contributed by atoms with Gasteiger partial charge in [-0.05, 0) is 31.9 Å². The summed E-state index contributed by atoms with van der Waals surface area (Å²) in [7, 11) is 0. The first-order valence-electron chi connectivity index (χ1n) is 10.7. The van der Waals surface area contributed by atoms with E-state index in [-0.39, 0.29) is 54.5 Å². The lowest BCUT2D eigenvalue weighted by atomic mass is 9.81. The first kappa shape index (κ1) is 19.2. The maximum atomic E-state index is 12.8. The first-order chi connectivity index (χ1) is 15.5. The second kappa shape index (κ2) is 6.99. The van der Waals surface area contributed by atoms with E-state index in [1.807, 2.05) is 25.1 Å². The number of nitrogens with one attached hydrogen (secondary N) is 1. The van der Waals surface area contributed by atoms with Crippen molar-refractivity contribution in [2.75, 3.05) is 6.54 Å². The zero-order valence-corrected chi connectivity index (χ0v) is 17.4. The molecule has 10 heteroatoms. The van der Waals surface area contributed by atoms with Crippen LogP contribution < -0.4 is 5.69 Å². The van der Waals surface area contributed by atoms with E-state index in [0.29, 0.717) is 23.0 Å². The van der Waals surface area contributed by atoms with E-state index in [4.69, 9.17) is 9.26 Å². The zero-order chi connectivity index (χ0) is 22.0. The van der Waals surface area contributed by atoms with Crippen molar-refractivity contribution in [3.63, 3.8) is 0 Å². The Morgan fingerprint density at radius 1 is 1.12 bits per heavy atom. The molecular weight excluding hydrogens is 414 g/mol. The molecule has 4 unspecified atom stereocenters. The molecular formula is C22H21N5O5. The minimum atomic E-state index is -0.331. The number of aromatic nitrogens is 4. The molecule has 10 nitrogen and oxygen atoms in total. The fraction of sp³-hybridized carbons (Fsp3) is 0.409. The number of aromatic amines is 1. The quantitative estimate of drug-likeness (QED) is 0.598. The van der Waals surface area contributed by atoms with Crippen molar-refractivity contribution in [1.29, 1.82) is 0 Å². The monoisotopic (exact) mass is 435 g/mol. The summed E-state index contributed by atoms with van der Waals surface area (Å²) in [6.07, 6.45) is 3.39. The molecule has 2 amide bonds. The van der Waals surface area contributed by atoms with E-state index in [0.717, 1.165) is 18.5 Å². The second-order valence-electron chi connectivity index (χ2n) is 8.55. The number of imidazole rings is 1. The van der Waals surface area contributed by atoms with Gasteiger partial charge in [0.05, 0.1) is 29.7 Å². The van der Waals surface area contributed by atoms with Crippen LogP contribution in [0.1, 0.15) is 24.4 Å². The number of carbonyl (C=O) groups excluding carboxylic acids is 2. The first-order valence-corrected chi connectivity index (χ1v) is 10.7. The number of imide groups is 1. The van der Waals surface area contributed by atoms with Crippen molar-refractivity contribution in [3.8, 4) is 17.1 Å². The number of carbonyl (C=O) groups is 2. The molecule has 0 radical (unpaired) electrons. The highest BCUT2D eigenvalue weighted by Crippen LogP contribution is 2.48. The molecule has 0 aliphatic carbocycles. The van der Waals surface area contributed by atoms with Crippen molar-refractivity contribution < 1.29 is 18.8 Å². The van der Waals surface area contributed by atoms with Crippen molar-refractivity contribution in [2.45, 2.75) is 38.4 Å². The topological polar surface area (TPSA) is 123 Å². The average Bonchev–Trinajstić information content (AvgIpc) is 3.59. The van der Waals surface area contributed by atoms with Crippen LogP contribution in [0.25, 0.3) is 17.1 Å². The number of aryl methyl sites for hydroxylation is 1. The molecule has 3 aliphatic heterocycles. The fourth-order valence-corrected chi connectivity index (χ4v) is 5.24. The highest BCUT2D eigenvalue weighted by atomic mass is 16.5. The third kappa shape index (κ3) is 2.79. The highest BCUT2D eigenvalue weighted by molar-refractivity contribution is 6.06. The number of hydrogen-bond acceptors (Lipinski definition) is 7. The molecule has 0 spiro atoms. The minimum Gasteiger partial charge on any atom is -0.373 e. The van der Waals surface area contributed by atoms with Crippen molar-refractivity contribution in [3.05, 3.63) is 52.5 Å². The van der Waals surface area contributed by atoms with Crippen LogP contribution in [0.4, 0.5) is 0 Å². The zero-order valence-electron chi connectivity index (χ0n) is 17.4. The summed E-state index contributed by atoms with van der Waals surface area (Å²) >= 11 is 0. The van der Waals surface area contributed by atoms with Crippen molar-refractivity contribution in [1.82, 2.24) is 24.6 Å². The van der Waals surface area contributed by atoms with Gasteiger partial charge in [0.2, 0.25) is 23.5 Å². The normalized spacial score (nSPS) is 26.3. The van der Waals surface area contributed by atoms with Gasteiger partial charge in [-0.15, -0.1) is 0 Å². The summed E-state index contributed by atoms with van der Waals surface area (Å²) in [5.74, 6) is -0.230. The molecule has 2 aromatic heterocycles. The van der Waals surface area contributed by atoms with Gasteiger partial charge in [-0.25, -0.2) is 4.79 Å². The predicted octanol–water partition coefficient (Wildman–Crippen LogP) is 1.23. The summed E-state index contributed by atoms with van der Waals surface area (Å²) in [4.78, 5) is 46.0. The minimum absolute atomic E-state index is 0.120. The number of likely N-dealkylation sites (tertiary alicyclic amines) is 1. The van der Waals surface area contributed by atoms with E-state index in [1.54, 1.807) is 16.8 Å². The fourth-order valence-electron chi connectivity index (χ4n) is 5.24. The second-order valence-corrected chi connectivity index (χ2v) is 8.55. The number of rotatable bonds is 5. The Hall–Kier alpha value is -3.53. The van der Waals surface area contributed by atoms with E-state index in [2.05, 4.69) is 15.1 Å². The molecule has 1 N–H and O–H groups in total. The van der Waals surface area contributed by atoms with Crippen LogP contribution in [0, 0.1) is 18.8 Å². The molecule has 1 aromatic carbocycles. The Bertz CT molecular complexity index is 1260. The molecule has 5 heterocycles. The number of amides is 2. The van der Waals surface area contributed by atoms with Crippen LogP contribution in [-0.4, -0.2) is 55.2 Å². The van der Waals surface area contributed by atoms with Gasteiger partial charge in [-0.1, -0.05) is 17.3 Å². The molecule has 164 valence electrons. The maximum absolute atomic E-state index is 12.8. The number of H-pyrrole nitrogens is 1. The largest absolute Gasteiger partial charge is 0.373 e. The Morgan fingerprint density at radius 3 is 2.56 bits per heavy atom. The molecule has 2 bridgehead atoms. The predicted molar refractivity (Wildman–Crippen MR) is 110 cm³/mol. The summed E-state index contributed by atoms with van der Waals surface area (Å²) in [5, 5.41) is 4.04. The Balaban J connectivity index is 1.18. The molecule has 4 atom stereocenters. The summed E-state index contributed by atoms with van der Waals surface area (Å²) in [6.45, 7) is 2.05. The van der Waals surface area contributed by atoms with Crippen molar-refractivity contribution >= 4 is 11.8 Å². The van der Waals surface area contributed by atoms with Gasteiger partial charge in [0.25, 0.3) is 0 Å². The third-order valence-corrected chi connectivity index (χ3v) is 6.72. The van der Waals surface area contributed by atoms with Crippen LogP contribution in [0.15, 0.2) is 39.8 Å². The van der Waals surface area contributed by atoms with Gasteiger partial charge in [0.1, 0.15) is 0 Å². The number of nitrogens with zero attached hydrogens (tertiary/aromatic N) is 4. The van der Waals surface area contributed by atoms with Crippen LogP contribution in [0.3, 0.4) is 0 Å². The highest BCUT2D eigenvalue weighted by Gasteiger charge is 2.62. The molecule has 3 aromatic rings. The van der Waals surface area contributed by atoms with Gasteiger partial charge >= 0.3 is 5.69 Å². The Kier molecular flexibility index (Phi) is 4.19. The lowest BCUT2D eigenvalue weighted by Gasteiger charge is -2.16. The van der Waals surface area contributed by atoms with Crippen LogP contribution in [-0.2, 0) is 20.7 Å². The van der Waals surface area contributed by atoms with Crippen LogP contribution in [0.5, 0.6) is 0 Å². The number of ether oxygens (including phenoxy) is 1. The molecule has 3 saturated heterocycles. The van der Waals surface area contributed by atoms with Crippen molar-refractivity contribution in [2.24, 2.45) is 11.8 Å². The Labute approximate surface area is 182 Å². The summed E-state index contributed by atoms with van der Waals surface area (Å²) in [6, 6.07) is 7.28. The lowest BCUT2D eigenvalue weighted by Crippen LogP contribution is -2.35. The summed E-state index contributed by atoms with van der Waals surface area (Å²) < 4.78 is 12.7. The molecule has 3 fully saturated rings. The average molecular weight is 435 g/mol. The number of fused-ring (bicyclic) bond motifs is 5. The van der Waals surface area contributed by atoms with Gasteiger partial charge in [0.15, 0.2) is 0 Å². The maximum Gasteiger partial charge on any atom is 0.330 e. The molecule has 0 saturated carbocycles.